The van der Waals surface area contributed by atoms with Crippen LogP contribution in [0.5, 0.6) is 0 Å². The Balaban J connectivity index is 2.05. The summed E-state index contributed by atoms with van der Waals surface area (Å²) in [5.74, 6) is 0. The van der Waals surface area contributed by atoms with Crippen LogP contribution >= 0.6 is 15.9 Å². The lowest BCUT2D eigenvalue weighted by atomic mass is 10.0. The number of nitriles is 1. The average Bonchev–Trinajstić information content (AvgIpc) is 2.80. The average molecular weight is 345 g/mol. The molecule has 1 saturated heterocycles. The Kier molecular flexibility index (Phi) is 4.49. The zero-order chi connectivity index (χ0) is 14.7. The van der Waals surface area contributed by atoms with Crippen molar-refractivity contribution in [2.75, 3.05) is 26.2 Å². The van der Waals surface area contributed by atoms with Crippen molar-refractivity contribution in [2.24, 2.45) is 0 Å². The van der Waals surface area contributed by atoms with Gasteiger partial charge in [-0.1, -0.05) is 28.1 Å². The third kappa shape index (κ3) is 2.93. The highest BCUT2D eigenvalue weighted by atomic mass is 79.9. The van der Waals surface area contributed by atoms with Crippen molar-refractivity contribution in [3.05, 3.63) is 40.5 Å². The molecule has 0 amide bonds. The maximum atomic E-state index is 9.70. The van der Waals surface area contributed by atoms with Gasteiger partial charge in [-0.05, 0) is 25.1 Å². The minimum atomic E-state index is -0.240. The molecule has 1 aromatic carbocycles. The number of benzene rings is 1. The number of fused-ring (bicyclic) bond motifs is 1. The fraction of sp³-hybridized carbons (Fsp3) is 0.375. The molecule has 1 aromatic heterocycles. The van der Waals surface area contributed by atoms with Gasteiger partial charge in [-0.3, -0.25) is 9.88 Å². The van der Waals surface area contributed by atoms with Crippen LogP contribution in [0.4, 0.5) is 0 Å². The Morgan fingerprint density at radius 1 is 1.29 bits per heavy atom. The van der Waals surface area contributed by atoms with Gasteiger partial charge in [0.05, 0.1) is 11.6 Å². The van der Waals surface area contributed by atoms with E-state index in [1.165, 1.54) is 0 Å². The molecule has 0 saturated carbocycles. The molecule has 0 radical (unpaired) electrons. The van der Waals surface area contributed by atoms with E-state index in [2.05, 4.69) is 37.2 Å². The summed E-state index contributed by atoms with van der Waals surface area (Å²) >= 11 is 3.56. The van der Waals surface area contributed by atoms with Crippen molar-refractivity contribution in [3.8, 4) is 6.07 Å². The highest BCUT2D eigenvalue weighted by Gasteiger charge is 2.23. The maximum Gasteiger partial charge on any atom is 0.126 e. The van der Waals surface area contributed by atoms with Crippen LogP contribution in [0.25, 0.3) is 10.9 Å². The summed E-state index contributed by atoms with van der Waals surface area (Å²) in [5.41, 5.74) is 1.91. The minimum Gasteiger partial charge on any atom is -0.315 e. The van der Waals surface area contributed by atoms with Crippen molar-refractivity contribution >= 4 is 26.8 Å². The Labute approximate surface area is 132 Å². The largest absolute Gasteiger partial charge is 0.315 e. The third-order valence-corrected chi connectivity index (χ3v) is 4.60. The number of nitrogens with zero attached hydrogens (tertiary/aromatic N) is 3. The highest BCUT2D eigenvalue weighted by molar-refractivity contribution is 9.10. The van der Waals surface area contributed by atoms with E-state index in [0.717, 1.165) is 53.5 Å². The minimum absolute atomic E-state index is 0.240. The van der Waals surface area contributed by atoms with E-state index < -0.39 is 0 Å². The van der Waals surface area contributed by atoms with Crippen molar-refractivity contribution in [2.45, 2.75) is 12.5 Å². The van der Waals surface area contributed by atoms with Crippen LogP contribution in [0.2, 0.25) is 0 Å². The van der Waals surface area contributed by atoms with Gasteiger partial charge in [0.25, 0.3) is 0 Å². The second-order valence-corrected chi connectivity index (χ2v) is 6.06. The third-order valence-electron chi connectivity index (χ3n) is 3.90. The molecule has 1 aliphatic rings. The quantitative estimate of drug-likeness (QED) is 0.909. The molecular weight excluding hydrogens is 328 g/mol. The van der Waals surface area contributed by atoms with Gasteiger partial charge in [0, 0.05) is 41.3 Å². The molecule has 0 bridgehead atoms. The molecular formula is C16H17BrN4. The molecule has 2 heterocycles. The van der Waals surface area contributed by atoms with Gasteiger partial charge in [-0.15, -0.1) is 0 Å². The van der Waals surface area contributed by atoms with Gasteiger partial charge in [0.15, 0.2) is 0 Å². The zero-order valence-electron chi connectivity index (χ0n) is 11.7. The molecule has 0 spiro atoms. The van der Waals surface area contributed by atoms with E-state index in [-0.39, 0.29) is 6.04 Å². The van der Waals surface area contributed by atoms with E-state index >= 15 is 0 Å². The van der Waals surface area contributed by atoms with Gasteiger partial charge >= 0.3 is 0 Å². The number of rotatable bonds is 2. The first-order chi connectivity index (χ1) is 10.3. The molecule has 1 fully saturated rings. The molecule has 1 N–H and O–H groups in total. The Bertz CT molecular complexity index is 672. The lowest BCUT2D eigenvalue weighted by Crippen LogP contribution is -2.31. The second-order valence-electron chi connectivity index (χ2n) is 5.21. The summed E-state index contributed by atoms with van der Waals surface area (Å²) in [7, 11) is 0. The second kappa shape index (κ2) is 6.52. The monoisotopic (exact) mass is 344 g/mol. The van der Waals surface area contributed by atoms with Crippen LogP contribution in [0.3, 0.4) is 0 Å². The summed E-state index contributed by atoms with van der Waals surface area (Å²) in [4.78, 5) is 6.75. The van der Waals surface area contributed by atoms with Crippen LogP contribution in [0, 0.1) is 11.3 Å². The van der Waals surface area contributed by atoms with Crippen molar-refractivity contribution in [3.63, 3.8) is 0 Å². The molecule has 0 aliphatic carbocycles. The van der Waals surface area contributed by atoms with Gasteiger partial charge in [0.1, 0.15) is 6.04 Å². The Morgan fingerprint density at radius 2 is 2.19 bits per heavy atom. The molecule has 4 nitrogen and oxygen atoms in total. The standard InChI is InChI=1S/C16H17BrN4/c17-14-5-4-13(16-12(14)3-1-7-20-16)15(11-18)21-9-2-6-19-8-10-21/h1,3-5,7,15,19H,2,6,8-10H2. The van der Waals surface area contributed by atoms with Gasteiger partial charge in [-0.25, -0.2) is 0 Å². The molecule has 5 heteroatoms. The van der Waals surface area contributed by atoms with Crippen LogP contribution in [-0.4, -0.2) is 36.1 Å². The first-order valence-electron chi connectivity index (χ1n) is 7.19. The summed E-state index contributed by atoms with van der Waals surface area (Å²) in [6.07, 6.45) is 2.86. The van der Waals surface area contributed by atoms with Gasteiger partial charge < -0.3 is 5.32 Å². The number of hydrogen-bond donors (Lipinski definition) is 1. The van der Waals surface area contributed by atoms with Gasteiger partial charge in [-0.2, -0.15) is 5.26 Å². The van der Waals surface area contributed by atoms with Gasteiger partial charge in [0.2, 0.25) is 0 Å². The SMILES string of the molecule is N#CC(c1ccc(Br)c2cccnc12)N1CCCNCC1. The first kappa shape index (κ1) is 14.5. The summed E-state index contributed by atoms with van der Waals surface area (Å²) in [6, 6.07) is 10.2. The van der Waals surface area contributed by atoms with Crippen molar-refractivity contribution in [1.82, 2.24) is 15.2 Å². The first-order valence-corrected chi connectivity index (χ1v) is 7.98. The molecule has 3 rings (SSSR count). The number of halogens is 1. The maximum absolute atomic E-state index is 9.70. The predicted molar refractivity (Wildman–Crippen MR) is 86.9 cm³/mol. The van der Waals surface area contributed by atoms with Crippen LogP contribution in [-0.2, 0) is 0 Å². The number of aromatic nitrogens is 1. The summed E-state index contributed by atoms with van der Waals surface area (Å²) < 4.78 is 1.02. The van der Waals surface area contributed by atoms with E-state index in [0.29, 0.717) is 0 Å². The fourth-order valence-electron chi connectivity index (χ4n) is 2.85. The number of nitrogens with one attached hydrogen (secondary N) is 1. The molecule has 21 heavy (non-hydrogen) atoms. The van der Waals surface area contributed by atoms with Crippen molar-refractivity contribution < 1.29 is 0 Å². The van der Waals surface area contributed by atoms with E-state index in [9.17, 15) is 5.26 Å². The lowest BCUT2D eigenvalue weighted by molar-refractivity contribution is 0.253. The topological polar surface area (TPSA) is 52.0 Å². The zero-order valence-corrected chi connectivity index (χ0v) is 13.3. The van der Waals surface area contributed by atoms with Crippen LogP contribution < -0.4 is 5.32 Å². The molecule has 108 valence electrons. The van der Waals surface area contributed by atoms with Crippen LogP contribution in [0.1, 0.15) is 18.0 Å². The predicted octanol–water partition coefficient (Wildman–Crippen LogP) is 2.86. The molecule has 2 aromatic rings. The summed E-state index contributed by atoms with van der Waals surface area (Å²) in [6.45, 7) is 3.78. The molecule has 1 atom stereocenters. The van der Waals surface area contributed by atoms with Crippen molar-refractivity contribution in [1.29, 1.82) is 5.26 Å². The summed E-state index contributed by atoms with van der Waals surface area (Å²) in [5, 5.41) is 14.1. The Hall–Kier alpha value is -1.48. The molecule has 1 aliphatic heterocycles. The Morgan fingerprint density at radius 3 is 3.05 bits per heavy atom. The number of hydrogen-bond acceptors (Lipinski definition) is 4. The smallest absolute Gasteiger partial charge is 0.126 e. The molecule has 1 unspecified atom stereocenters. The fourth-order valence-corrected chi connectivity index (χ4v) is 3.31. The highest BCUT2D eigenvalue weighted by Crippen LogP contribution is 2.31. The van der Waals surface area contributed by atoms with E-state index in [1.54, 1.807) is 6.20 Å². The normalized spacial score (nSPS) is 18.1. The number of pyridine rings is 1. The van der Waals surface area contributed by atoms with Crippen LogP contribution in [0.15, 0.2) is 34.9 Å². The van der Waals surface area contributed by atoms with E-state index in [4.69, 9.17) is 0 Å². The lowest BCUT2D eigenvalue weighted by Gasteiger charge is -2.26. The van der Waals surface area contributed by atoms with E-state index in [1.807, 2.05) is 24.3 Å².